The molecule has 0 aliphatic heterocycles. The molecule has 17 heavy (non-hydrogen) atoms. The molecule has 1 amide bonds. The van der Waals surface area contributed by atoms with Gasteiger partial charge in [0.25, 0.3) is 0 Å². The minimum Gasteiger partial charge on any atom is -0.325 e. The molecular formula is C9H12FN3O3S. The van der Waals surface area contributed by atoms with Gasteiger partial charge in [0.05, 0.1) is 18.5 Å². The number of nitrogens with two attached hydrogens (primary N) is 1. The first-order valence-electron chi connectivity index (χ1n) is 4.59. The average Bonchev–Trinajstić information content (AvgIpc) is 2.21. The molecule has 1 rings (SSSR count). The van der Waals surface area contributed by atoms with Crippen LogP contribution >= 0.6 is 0 Å². The lowest BCUT2D eigenvalue weighted by molar-refractivity contribution is -0.114. The summed E-state index contributed by atoms with van der Waals surface area (Å²) >= 11 is 0. The van der Waals surface area contributed by atoms with Crippen molar-refractivity contribution >= 4 is 27.3 Å². The lowest BCUT2D eigenvalue weighted by atomic mass is 10.2. The fourth-order valence-corrected chi connectivity index (χ4v) is 1.65. The maximum Gasteiger partial charge on any atom is 0.238 e. The Morgan fingerprint density at radius 3 is 2.65 bits per heavy atom. The minimum atomic E-state index is -3.58. The summed E-state index contributed by atoms with van der Waals surface area (Å²) in [6.45, 7) is -0.216. The van der Waals surface area contributed by atoms with E-state index < -0.39 is 21.7 Å². The van der Waals surface area contributed by atoms with Gasteiger partial charge in [-0.25, -0.2) is 12.8 Å². The molecule has 0 spiro atoms. The zero-order valence-electron chi connectivity index (χ0n) is 9.03. The van der Waals surface area contributed by atoms with E-state index in [1.807, 2.05) is 4.72 Å². The van der Waals surface area contributed by atoms with Crippen LogP contribution in [0, 0.1) is 5.82 Å². The van der Waals surface area contributed by atoms with Crippen LogP contribution in [-0.2, 0) is 14.8 Å². The van der Waals surface area contributed by atoms with Crippen molar-refractivity contribution in [3.05, 3.63) is 24.0 Å². The van der Waals surface area contributed by atoms with Crippen molar-refractivity contribution < 1.29 is 17.6 Å². The summed E-state index contributed by atoms with van der Waals surface area (Å²) in [4.78, 5) is 11.0. The van der Waals surface area contributed by atoms with Crippen molar-refractivity contribution in [1.82, 2.24) is 0 Å². The van der Waals surface area contributed by atoms with Crippen LogP contribution in [0.1, 0.15) is 0 Å². The number of amides is 1. The van der Waals surface area contributed by atoms with Gasteiger partial charge in [-0.1, -0.05) is 0 Å². The molecule has 1 aromatic rings. The Hall–Kier alpha value is -1.67. The third kappa shape index (κ3) is 4.37. The summed E-state index contributed by atoms with van der Waals surface area (Å²) < 4.78 is 37.2. The predicted molar refractivity (Wildman–Crippen MR) is 62.6 cm³/mol. The molecule has 0 aliphatic carbocycles. The van der Waals surface area contributed by atoms with Crippen LogP contribution in [0.2, 0.25) is 0 Å². The molecule has 0 atom stereocenters. The van der Waals surface area contributed by atoms with Gasteiger partial charge >= 0.3 is 0 Å². The number of nitrogens with one attached hydrogen (secondary N) is 2. The van der Waals surface area contributed by atoms with Crippen LogP contribution in [0.3, 0.4) is 0 Å². The van der Waals surface area contributed by atoms with Gasteiger partial charge in [-0.05, 0) is 18.2 Å². The molecule has 0 aromatic heterocycles. The zero-order valence-corrected chi connectivity index (χ0v) is 9.84. The highest BCUT2D eigenvalue weighted by Crippen LogP contribution is 2.20. The highest BCUT2D eigenvalue weighted by molar-refractivity contribution is 7.92. The monoisotopic (exact) mass is 261 g/mol. The van der Waals surface area contributed by atoms with Gasteiger partial charge < -0.3 is 11.1 Å². The number of hydrogen-bond donors (Lipinski definition) is 3. The fraction of sp³-hybridized carbons (Fsp3) is 0.222. The van der Waals surface area contributed by atoms with E-state index in [-0.39, 0.29) is 17.9 Å². The summed E-state index contributed by atoms with van der Waals surface area (Å²) in [6.07, 6.45) is 0.900. The van der Waals surface area contributed by atoms with Gasteiger partial charge in [-0.15, -0.1) is 0 Å². The van der Waals surface area contributed by atoms with Gasteiger partial charge in [-0.3, -0.25) is 9.52 Å². The van der Waals surface area contributed by atoms with Crippen molar-refractivity contribution in [2.45, 2.75) is 0 Å². The molecule has 94 valence electrons. The lowest BCUT2D eigenvalue weighted by Crippen LogP contribution is -2.22. The molecule has 0 saturated carbocycles. The number of rotatable bonds is 4. The third-order valence-electron chi connectivity index (χ3n) is 1.73. The van der Waals surface area contributed by atoms with Crippen LogP contribution < -0.4 is 15.8 Å². The van der Waals surface area contributed by atoms with E-state index in [0.29, 0.717) is 0 Å². The van der Waals surface area contributed by atoms with E-state index in [0.717, 1.165) is 12.3 Å². The Labute approximate surface area is 98.1 Å². The molecule has 0 radical (unpaired) electrons. The lowest BCUT2D eigenvalue weighted by Gasteiger charge is -2.08. The summed E-state index contributed by atoms with van der Waals surface area (Å²) in [5.41, 5.74) is 5.12. The molecule has 1 aromatic carbocycles. The Bertz CT molecular complexity index is 530. The van der Waals surface area contributed by atoms with Crippen molar-refractivity contribution in [3.8, 4) is 0 Å². The van der Waals surface area contributed by atoms with E-state index in [4.69, 9.17) is 5.73 Å². The van der Waals surface area contributed by atoms with Crippen LogP contribution in [0.15, 0.2) is 18.2 Å². The first-order valence-corrected chi connectivity index (χ1v) is 6.48. The highest BCUT2D eigenvalue weighted by atomic mass is 32.2. The van der Waals surface area contributed by atoms with E-state index in [9.17, 15) is 17.6 Å². The number of halogens is 1. The van der Waals surface area contributed by atoms with E-state index in [2.05, 4.69) is 5.32 Å². The van der Waals surface area contributed by atoms with E-state index >= 15 is 0 Å². The SMILES string of the molecule is CS(=O)(=O)Nc1cc(NC(=O)CN)ccc1F. The van der Waals surface area contributed by atoms with Crippen LogP contribution in [0.4, 0.5) is 15.8 Å². The Balaban J connectivity index is 2.98. The first kappa shape index (κ1) is 13.4. The van der Waals surface area contributed by atoms with Gasteiger partial charge in [0.2, 0.25) is 15.9 Å². The molecular weight excluding hydrogens is 249 g/mol. The van der Waals surface area contributed by atoms with Crippen molar-refractivity contribution in [1.29, 1.82) is 0 Å². The largest absolute Gasteiger partial charge is 0.325 e. The molecule has 0 heterocycles. The topological polar surface area (TPSA) is 101 Å². The molecule has 0 bridgehead atoms. The molecule has 4 N–H and O–H groups in total. The maximum absolute atomic E-state index is 13.3. The summed E-state index contributed by atoms with van der Waals surface area (Å²) in [6, 6.07) is 3.51. The zero-order chi connectivity index (χ0) is 13.1. The fourth-order valence-electron chi connectivity index (χ4n) is 1.09. The van der Waals surface area contributed by atoms with Crippen LogP contribution in [-0.4, -0.2) is 27.1 Å². The van der Waals surface area contributed by atoms with Gasteiger partial charge in [-0.2, -0.15) is 0 Å². The van der Waals surface area contributed by atoms with Crippen molar-refractivity contribution in [3.63, 3.8) is 0 Å². The normalized spacial score (nSPS) is 11.0. The number of carbonyl (C=O) groups is 1. The van der Waals surface area contributed by atoms with Gasteiger partial charge in [0.1, 0.15) is 5.82 Å². The highest BCUT2D eigenvalue weighted by Gasteiger charge is 2.09. The number of carbonyl (C=O) groups excluding carboxylic acids is 1. The van der Waals surface area contributed by atoms with Crippen LogP contribution in [0.5, 0.6) is 0 Å². The first-order chi connectivity index (χ1) is 7.81. The molecule has 0 unspecified atom stereocenters. The standard InChI is InChI=1S/C9H12FN3O3S/c1-17(15,16)13-8-4-6(2-3-7(8)10)12-9(14)5-11/h2-4,13H,5,11H2,1H3,(H,12,14). The van der Waals surface area contributed by atoms with E-state index in [1.165, 1.54) is 12.1 Å². The quantitative estimate of drug-likeness (QED) is 0.715. The molecule has 0 saturated heterocycles. The number of benzene rings is 1. The smallest absolute Gasteiger partial charge is 0.238 e. The minimum absolute atomic E-state index is 0.216. The number of hydrogen-bond acceptors (Lipinski definition) is 4. The Morgan fingerprint density at radius 1 is 1.47 bits per heavy atom. The van der Waals surface area contributed by atoms with Gasteiger partial charge in [0.15, 0.2) is 0 Å². The van der Waals surface area contributed by atoms with Crippen molar-refractivity contribution in [2.24, 2.45) is 5.73 Å². The predicted octanol–water partition coefficient (Wildman–Crippen LogP) is 0.0944. The summed E-state index contributed by atoms with van der Waals surface area (Å²) in [7, 11) is -3.58. The number of anilines is 2. The molecule has 8 heteroatoms. The third-order valence-corrected chi connectivity index (χ3v) is 2.32. The molecule has 0 fully saturated rings. The van der Waals surface area contributed by atoms with E-state index in [1.54, 1.807) is 0 Å². The average molecular weight is 261 g/mol. The summed E-state index contributed by atoms with van der Waals surface area (Å²) in [5.74, 6) is -1.19. The van der Waals surface area contributed by atoms with Crippen molar-refractivity contribution in [2.75, 3.05) is 22.8 Å². The van der Waals surface area contributed by atoms with Gasteiger partial charge in [0, 0.05) is 5.69 Å². The maximum atomic E-state index is 13.3. The Kier molecular flexibility index (Phi) is 4.02. The molecule has 0 aliphatic rings. The molecule has 6 nitrogen and oxygen atoms in total. The summed E-state index contributed by atoms with van der Waals surface area (Å²) in [5, 5.41) is 2.38. The number of sulfonamides is 1. The van der Waals surface area contributed by atoms with Crippen LogP contribution in [0.25, 0.3) is 0 Å². The second-order valence-electron chi connectivity index (χ2n) is 3.32. The Morgan fingerprint density at radius 2 is 2.12 bits per heavy atom. The second kappa shape index (κ2) is 5.11. The second-order valence-corrected chi connectivity index (χ2v) is 5.07.